The zero-order valence-electron chi connectivity index (χ0n) is 7.59. The molecule has 1 rings (SSSR count). The first-order chi connectivity index (χ1) is 6.26. The molecule has 0 aromatic rings. The molecule has 0 saturated heterocycles. The second kappa shape index (κ2) is 3.62. The Bertz CT molecular complexity index is 278. The first-order valence-corrected chi connectivity index (χ1v) is 5.95. The monoisotopic (exact) mass is 223 g/mol. The quantitative estimate of drug-likeness (QED) is 0.492. The average Bonchev–Trinajstić information content (AvgIpc) is 2.03. The molecule has 7 heteroatoms. The van der Waals surface area contributed by atoms with E-state index in [9.17, 15) is 9.36 Å². The van der Waals surface area contributed by atoms with Crippen LogP contribution in [0.15, 0.2) is 0 Å². The summed E-state index contributed by atoms with van der Waals surface area (Å²) < 4.78 is 11.0. The molecule has 0 aromatic carbocycles. The van der Waals surface area contributed by atoms with Crippen molar-refractivity contribution in [3.05, 3.63) is 0 Å². The summed E-state index contributed by atoms with van der Waals surface area (Å²) in [5.41, 5.74) is 5.54. The summed E-state index contributed by atoms with van der Waals surface area (Å²) >= 11 is 0. The second-order valence-corrected chi connectivity index (χ2v) is 5.74. The van der Waals surface area contributed by atoms with E-state index in [4.69, 9.17) is 20.6 Å². The Morgan fingerprint density at radius 2 is 1.79 bits per heavy atom. The molecule has 0 amide bonds. The van der Waals surface area contributed by atoms with Crippen molar-refractivity contribution in [2.45, 2.75) is 31.0 Å². The molecule has 0 spiro atoms. The summed E-state index contributed by atoms with van der Waals surface area (Å²) in [6.45, 7) is 0. The van der Waals surface area contributed by atoms with Gasteiger partial charge in [-0.1, -0.05) is 0 Å². The summed E-state index contributed by atoms with van der Waals surface area (Å²) in [4.78, 5) is 28.5. The van der Waals surface area contributed by atoms with Gasteiger partial charge >= 0.3 is 13.6 Å². The van der Waals surface area contributed by atoms with E-state index in [0.29, 0.717) is 0 Å². The van der Waals surface area contributed by atoms with Crippen LogP contribution in [-0.4, -0.2) is 26.1 Å². The van der Waals surface area contributed by atoms with E-state index in [0.717, 1.165) is 0 Å². The molecule has 0 heterocycles. The zero-order chi connectivity index (χ0) is 11.0. The van der Waals surface area contributed by atoms with Crippen LogP contribution in [0.2, 0.25) is 0 Å². The Morgan fingerprint density at radius 1 is 1.36 bits per heavy atom. The molecule has 1 fully saturated rings. The first kappa shape index (κ1) is 11.7. The van der Waals surface area contributed by atoms with E-state index in [2.05, 4.69) is 0 Å². The van der Waals surface area contributed by atoms with Gasteiger partial charge in [0.05, 0.1) is 5.92 Å². The summed E-state index contributed by atoms with van der Waals surface area (Å²) in [5, 5.41) is 7.16. The van der Waals surface area contributed by atoms with Gasteiger partial charge in [0.2, 0.25) is 0 Å². The van der Waals surface area contributed by atoms with Gasteiger partial charge in [0.1, 0.15) is 5.28 Å². The molecule has 5 N–H and O–H groups in total. The van der Waals surface area contributed by atoms with Crippen molar-refractivity contribution in [1.82, 2.24) is 0 Å². The molecule has 0 unspecified atom stereocenters. The van der Waals surface area contributed by atoms with Crippen molar-refractivity contribution in [2.75, 3.05) is 0 Å². The van der Waals surface area contributed by atoms with Crippen LogP contribution in [0.1, 0.15) is 25.7 Å². The van der Waals surface area contributed by atoms with Crippen molar-refractivity contribution < 1.29 is 24.3 Å². The molecule has 1 aliphatic rings. The number of rotatable bonds is 2. The SMILES string of the molecule is NC1(P(=O)(O)O)CCC(C(=O)O)CC1. The van der Waals surface area contributed by atoms with E-state index in [1.807, 2.05) is 0 Å². The van der Waals surface area contributed by atoms with Gasteiger partial charge in [0, 0.05) is 0 Å². The number of carboxylic acid groups (broad SMARTS) is 1. The normalized spacial score (nSPS) is 34.1. The van der Waals surface area contributed by atoms with Crippen molar-refractivity contribution >= 4 is 13.6 Å². The lowest BCUT2D eigenvalue weighted by Gasteiger charge is -2.35. The number of aliphatic carboxylic acids is 1. The fourth-order valence-electron chi connectivity index (χ4n) is 1.66. The standard InChI is InChI=1S/C7H14NO5P/c8-7(14(11,12)13)3-1-5(2-4-7)6(9)10/h5H,1-4,8H2,(H,9,10)(H2,11,12,13). The molecule has 0 aliphatic heterocycles. The molecule has 0 atom stereocenters. The van der Waals surface area contributed by atoms with E-state index in [-0.39, 0.29) is 25.7 Å². The maximum atomic E-state index is 11.0. The minimum Gasteiger partial charge on any atom is -0.481 e. The molecule has 6 nitrogen and oxygen atoms in total. The Balaban J connectivity index is 2.67. The molecule has 14 heavy (non-hydrogen) atoms. The van der Waals surface area contributed by atoms with Crippen LogP contribution in [0, 0.1) is 5.92 Å². The smallest absolute Gasteiger partial charge is 0.345 e. The van der Waals surface area contributed by atoms with Gasteiger partial charge < -0.3 is 20.6 Å². The van der Waals surface area contributed by atoms with Gasteiger partial charge in [-0.15, -0.1) is 0 Å². The highest BCUT2D eigenvalue weighted by molar-refractivity contribution is 7.53. The van der Waals surface area contributed by atoms with Crippen LogP contribution in [-0.2, 0) is 9.36 Å². The molecule has 0 bridgehead atoms. The van der Waals surface area contributed by atoms with Crippen molar-refractivity contribution in [3.8, 4) is 0 Å². The minimum absolute atomic E-state index is 0.0637. The Hall–Kier alpha value is -0.420. The molecule has 0 radical (unpaired) electrons. The van der Waals surface area contributed by atoms with E-state index in [1.165, 1.54) is 0 Å². The molecular weight excluding hydrogens is 209 g/mol. The fraction of sp³-hybridized carbons (Fsp3) is 0.857. The predicted octanol–water partition coefficient (Wildman–Crippen LogP) is 0.0939. The topological polar surface area (TPSA) is 121 Å². The van der Waals surface area contributed by atoms with Gasteiger partial charge in [0.25, 0.3) is 0 Å². The van der Waals surface area contributed by atoms with E-state index >= 15 is 0 Å². The predicted molar refractivity (Wildman–Crippen MR) is 48.6 cm³/mol. The van der Waals surface area contributed by atoms with Gasteiger partial charge in [-0.3, -0.25) is 9.36 Å². The first-order valence-electron chi connectivity index (χ1n) is 4.33. The third kappa shape index (κ3) is 2.15. The second-order valence-electron chi connectivity index (χ2n) is 3.76. The number of hydrogen-bond acceptors (Lipinski definition) is 3. The van der Waals surface area contributed by atoms with Gasteiger partial charge in [-0.05, 0) is 25.7 Å². The van der Waals surface area contributed by atoms with E-state index < -0.39 is 24.8 Å². The maximum absolute atomic E-state index is 11.0. The summed E-state index contributed by atoms with van der Waals surface area (Å²) in [7, 11) is -4.32. The minimum atomic E-state index is -4.32. The summed E-state index contributed by atoms with van der Waals surface area (Å²) in [5.74, 6) is -1.43. The zero-order valence-corrected chi connectivity index (χ0v) is 8.48. The van der Waals surface area contributed by atoms with Crippen LogP contribution in [0.3, 0.4) is 0 Å². The molecule has 1 aliphatic carbocycles. The number of carbonyl (C=O) groups is 1. The third-order valence-electron chi connectivity index (χ3n) is 2.78. The van der Waals surface area contributed by atoms with Crippen LogP contribution in [0.25, 0.3) is 0 Å². The Morgan fingerprint density at radius 3 is 2.07 bits per heavy atom. The Kier molecular flexibility index (Phi) is 3.02. The molecular formula is C7H14NO5P. The van der Waals surface area contributed by atoms with Crippen LogP contribution in [0.5, 0.6) is 0 Å². The number of nitrogens with two attached hydrogens (primary N) is 1. The van der Waals surface area contributed by atoms with Crippen molar-refractivity contribution in [1.29, 1.82) is 0 Å². The van der Waals surface area contributed by atoms with Crippen LogP contribution in [0.4, 0.5) is 0 Å². The Labute approximate surface area is 81.3 Å². The largest absolute Gasteiger partial charge is 0.481 e. The number of hydrogen-bond donors (Lipinski definition) is 4. The summed E-state index contributed by atoms with van der Waals surface area (Å²) in [6.07, 6.45) is 0.594. The van der Waals surface area contributed by atoms with Crippen LogP contribution >= 0.6 is 7.60 Å². The maximum Gasteiger partial charge on any atom is 0.345 e. The highest BCUT2D eigenvalue weighted by Gasteiger charge is 2.46. The molecule has 1 saturated carbocycles. The lowest BCUT2D eigenvalue weighted by molar-refractivity contribution is -0.143. The highest BCUT2D eigenvalue weighted by atomic mass is 31.2. The lowest BCUT2D eigenvalue weighted by atomic mass is 9.86. The van der Waals surface area contributed by atoms with Gasteiger partial charge in [0.15, 0.2) is 0 Å². The fourth-order valence-corrected chi connectivity index (χ4v) is 2.50. The lowest BCUT2D eigenvalue weighted by Crippen LogP contribution is -2.43. The molecule has 82 valence electrons. The van der Waals surface area contributed by atoms with E-state index in [1.54, 1.807) is 0 Å². The van der Waals surface area contributed by atoms with Crippen molar-refractivity contribution in [2.24, 2.45) is 11.7 Å². The van der Waals surface area contributed by atoms with Crippen molar-refractivity contribution in [3.63, 3.8) is 0 Å². The number of carboxylic acids is 1. The molecule has 0 aromatic heterocycles. The highest BCUT2D eigenvalue weighted by Crippen LogP contribution is 2.54. The van der Waals surface area contributed by atoms with Crippen LogP contribution < -0.4 is 5.73 Å². The van der Waals surface area contributed by atoms with Gasteiger partial charge in [-0.2, -0.15) is 0 Å². The average molecular weight is 223 g/mol. The summed E-state index contributed by atoms with van der Waals surface area (Å²) in [6, 6.07) is 0. The van der Waals surface area contributed by atoms with Gasteiger partial charge in [-0.25, -0.2) is 0 Å². The third-order valence-corrected chi connectivity index (χ3v) is 4.39.